The molecular weight excluding hydrogens is 525 g/mol. The third-order valence-corrected chi connectivity index (χ3v) is 8.38. The molecule has 0 bridgehead atoms. The van der Waals surface area contributed by atoms with E-state index in [1.165, 1.54) is 32.1 Å². The average molecular weight is 561 g/mol. The summed E-state index contributed by atoms with van der Waals surface area (Å²) in [5, 5.41) is 0. The number of benzene rings is 2. The van der Waals surface area contributed by atoms with Crippen LogP contribution in [0.25, 0.3) is 0 Å². The Bertz CT molecular complexity index is 1060. The SMILES string of the molecule is CCOCC1CCC(CCC2CCC(c3cc(F)c(C(F)(F)Oc4cc(F)c(F)c(F)c4)c(F)c3)CC2)CC1. The molecule has 0 N–H and O–H groups in total. The van der Waals surface area contributed by atoms with E-state index < -0.39 is 46.5 Å². The summed E-state index contributed by atoms with van der Waals surface area (Å²) in [5.41, 5.74) is -1.37. The number of halogens is 7. The molecule has 0 spiro atoms. The summed E-state index contributed by atoms with van der Waals surface area (Å²) < 4.78 is 108. The highest BCUT2D eigenvalue weighted by Gasteiger charge is 2.42. The molecule has 0 saturated heterocycles. The van der Waals surface area contributed by atoms with E-state index in [9.17, 15) is 30.7 Å². The van der Waals surface area contributed by atoms with Crippen LogP contribution < -0.4 is 4.74 Å². The molecule has 0 amide bonds. The standard InChI is InChI=1S/C30H35F7O2/c1-2-38-17-20-7-5-18(6-8-20)3-4-19-9-11-21(12-10-19)22-13-24(31)28(25(32)14-22)30(36,37)39-23-15-26(33)29(35)27(34)16-23/h13-16,18-21H,2-12,17H2,1H3. The summed E-state index contributed by atoms with van der Waals surface area (Å²) in [6.45, 7) is 3.63. The number of hydrogen-bond donors (Lipinski definition) is 0. The lowest BCUT2D eigenvalue weighted by molar-refractivity contribution is -0.189. The molecular formula is C30H35F7O2. The lowest BCUT2D eigenvalue weighted by Crippen LogP contribution is -2.26. The third kappa shape index (κ3) is 7.47. The van der Waals surface area contributed by atoms with Crippen molar-refractivity contribution >= 4 is 0 Å². The van der Waals surface area contributed by atoms with Gasteiger partial charge in [-0.25, -0.2) is 22.0 Å². The van der Waals surface area contributed by atoms with E-state index in [1.54, 1.807) is 0 Å². The Morgan fingerprint density at radius 1 is 0.692 bits per heavy atom. The van der Waals surface area contributed by atoms with E-state index in [2.05, 4.69) is 4.74 Å². The van der Waals surface area contributed by atoms with Gasteiger partial charge in [-0.2, -0.15) is 8.78 Å². The van der Waals surface area contributed by atoms with E-state index in [0.717, 1.165) is 50.5 Å². The molecule has 0 atom stereocenters. The van der Waals surface area contributed by atoms with E-state index >= 15 is 0 Å². The lowest BCUT2D eigenvalue weighted by atomic mass is 9.74. The maximum absolute atomic E-state index is 14.8. The molecule has 2 saturated carbocycles. The minimum atomic E-state index is -4.58. The van der Waals surface area contributed by atoms with Crippen LogP contribution in [-0.2, 0) is 10.8 Å². The Kier molecular flexibility index (Phi) is 9.83. The maximum atomic E-state index is 14.8. The van der Waals surface area contributed by atoms with Crippen LogP contribution in [0.4, 0.5) is 30.7 Å². The quantitative estimate of drug-likeness (QED) is 0.213. The zero-order valence-corrected chi connectivity index (χ0v) is 22.1. The van der Waals surface area contributed by atoms with Crippen LogP contribution in [0.3, 0.4) is 0 Å². The molecule has 216 valence electrons. The van der Waals surface area contributed by atoms with Crippen molar-refractivity contribution in [3.8, 4) is 5.75 Å². The highest BCUT2D eigenvalue weighted by Crippen LogP contribution is 2.42. The van der Waals surface area contributed by atoms with E-state index in [4.69, 9.17) is 4.74 Å². The van der Waals surface area contributed by atoms with Gasteiger partial charge < -0.3 is 9.47 Å². The van der Waals surface area contributed by atoms with Gasteiger partial charge in [0, 0.05) is 25.3 Å². The van der Waals surface area contributed by atoms with Crippen LogP contribution in [0.15, 0.2) is 24.3 Å². The van der Waals surface area contributed by atoms with E-state index in [0.29, 0.717) is 30.2 Å². The summed E-state index contributed by atoms with van der Waals surface area (Å²) in [4.78, 5) is 0. The highest BCUT2D eigenvalue weighted by atomic mass is 19.3. The molecule has 2 aromatic carbocycles. The number of alkyl halides is 2. The fourth-order valence-electron chi connectivity index (χ4n) is 6.12. The van der Waals surface area contributed by atoms with Crippen LogP contribution >= 0.6 is 0 Å². The Labute approximate surface area is 224 Å². The summed E-state index contributed by atoms with van der Waals surface area (Å²) in [6.07, 6.45) is 5.88. The molecule has 4 rings (SSSR count). The van der Waals surface area contributed by atoms with Gasteiger partial charge in [0.05, 0.1) is 0 Å². The molecule has 2 aromatic rings. The van der Waals surface area contributed by atoms with Crippen LogP contribution in [-0.4, -0.2) is 13.2 Å². The van der Waals surface area contributed by atoms with Gasteiger partial charge in [0.2, 0.25) is 0 Å². The molecule has 0 heterocycles. The van der Waals surface area contributed by atoms with Crippen molar-refractivity contribution in [3.05, 3.63) is 64.5 Å². The van der Waals surface area contributed by atoms with Crippen molar-refractivity contribution in [2.75, 3.05) is 13.2 Å². The second-order valence-electron chi connectivity index (χ2n) is 11.0. The first-order valence-corrected chi connectivity index (χ1v) is 13.9. The molecule has 2 aliphatic carbocycles. The molecule has 0 radical (unpaired) electrons. The van der Waals surface area contributed by atoms with Crippen molar-refractivity contribution in [3.63, 3.8) is 0 Å². The van der Waals surface area contributed by atoms with Crippen LogP contribution in [0, 0.1) is 46.8 Å². The summed E-state index contributed by atoms with van der Waals surface area (Å²) in [7, 11) is 0. The molecule has 2 fully saturated rings. The van der Waals surface area contributed by atoms with Gasteiger partial charge in [0.1, 0.15) is 22.9 Å². The van der Waals surface area contributed by atoms with Gasteiger partial charge in [-0.15, -0.1) is 0 Å². The summed E-state index contributed by atoms with van der Waals surface area (Å²) in [5.74, 6) is -7.73. The first-order valence-electron chi connectivity index (χ1n) is 13.9. The predicted molar refractivity (Wildman–Crippen MR) is 133 cm³/mol. The second-order valence-corrected chi connectivity index (χ2v) is 11.0. The monoisotopic (exact) mass is 560 g/mol. The zero-order valence-electron chi connectivity index (χ0n) is 22.1. The minimum absolute atomic E-state index is 0.150. The maximum Gasteiger partial charge on any atom is 0.432 e. The average Bonchev–Trinajstić information content (AvgIpc) is 2.89. The summed E-state index contributed by atoms with van der Waals surface area (Å²) >= 11 is 0. The predicted octanol–water partition coefficient (Wildman–Crippen LogP) is 9.41. The van der Waals surface area contributed by atoms with Crippen molar-refractivity contribution in [2.45, 2.75) is 83.2 Å². The van der Waals surface area contributed by atoms with Crippen LogP contribution in [0.1, 0.15) is 88.2 Å². The fourth-order valence-corrected chi connectivity index (χ4v) is 6.12. The molecule has 2 nitrogen and oxygen atoms in total. The van der Waals surface area contributed by atoms with Gasteiger partial charge in [0.25, 0.3) is 0 Å². The van der Waals surface area contributed by atoms with Crippen molar-refractivity contribution in [1.82, 2.24) is 0 Å². The smallest absolute Gasteiger partial charge is 0.429 e. The lowest BCUT2D eigenvalue weighted by Gasteiger charge is -2.32. The Morgan fingerprint density at radius 3 is 1.69 bits per heavy atom. The van der Waals surface area contributed by atoms with Gasteiger partial charge in [0.15, 0.2) is 17.5 Å². The molecule has 2 aliphatic rings. The number of hydrogen-bond acceptors (Lipinski definition) is 2. The first kappa shape index (κ1) is 29.7. The zero-order chi connectivity index (χ0) is 28.2. The number of ether oxygens (including phenoxy) is 2. The van der Waals surface area contributed by atoms with Gasteiger partial charge in [-0.1, -0.05) is 25.7 Å². The van der Waals surface area contributed by atoms with E-state index in [-0.39, 0.29) is 18.1 Å². The first-order chi connectivity index (χ1) is 18.6. The van der Waals surface area contributed by atoms with Gasteiger partial charge in [-0.05, 0) is 86.8 Å². The third-order valence-electron chi connectivity index (χ3n) is 8.38. The van der Waals surface area contributed by atoms with E-state index in [1.807, 2.05) is 6.92 Å². The van der Waals surface area contributed by atoms with Crippen molar-refractivity contribution in [1.29, 1.82) is 0 Å². The van der Waals surface area contributed by atoms with Crippen molar-refractivity contribution in [2.24, 2.45) is 17.8 Å². The van der Waals surface area contributed by atoms with Gasteiger partial charge >= 0.3 is 6.11 Å². The van der Waals surface area contributed by atoms with Crippen molar-refractivity contribution < 1.29 is 40.2 Å². The Morgan fingerprint density at radius 2 is 1.18 bits per heavy atom. The van der Waals surface area contributed by atoms with Gasteiger partial charge in [-0.3, -0.25) is 0 Å². The molecule has 0 aromatic heterocycles. The normalized spacial score (nSPS) is 24.1. The molecule has 39 heavy (non-hydrogen) atoms. The fraction of sp³-hybridized carbons (Fsp3) is 0.600. The summed E-state index contributed by atoms with van der Waals surface area (Å²) in [6, 6.07) is 2.13. The second kappa shape index (κ2) is 12.9. The Hall–Kier alpha value is -2.29. The highest BCUT2D eigenvalue weighted by molar-refractivity contribution is 5.33. The topological polar surface area (TPSA) is 18.5 Å². The van der Waals surface area contributed by atoms with Crippen LogP contribution in [0.5, 0.6) is 5.75 Å². The van der Waals surface area contributed by atoms with Crippen LogP contribution in [0.2, 0.25) is 0 Å². The molecule has 9 heteroatoms. The number of rotatable bonds is 10. The largest absolute Gasteiger partial charge is 0.432 e. The Balaban J connectivity index is 1.31. The molecule has 0 aliphatic heterocycles. The minimum Gasteiger partial charge on any atom is -0.429 e. The molecule has 0 unspecified atom stereocenters.